The minimum atomic E-state index is -0.360. The van der Waals surface area contributed by atoms with E-state index < -0.39 is 0 Å². The van der Waals surface area contributed by atoms with Crippen LogP contribution in [0.5, 0.6) is 0 Å². The van der Waals surface area contributed by atoms with E-state index in [0.29, 0.717) is 77.2 Å². The summed E-state index contributed by atoms with van der Waals surface area (Å²) in [5.41, 5.74) is 0. The summed E-state index contributed by atoms with van der Waals surface area (Å²) in [6.45, 7) is 7.67. The maximum Gasteiger partial charge on any atom is 0.407 e. The van der Waals surface area contributed by atoms with Gasteiger partial charge in [-0.05, 0) is 37.0 Å². The first kappa shape index (κ1) is 24.9. The molecule has 2 aliphatic carbocycles. The zero-order valence-corrected chi connectivity index (χ0v) is 18.5. The van der Waals surface area contributed by atoms with E-state index in [9.17, 15) is 4.79 Å². The zero-order valence-electron chi connectivity index (χ0n) is 18.5. The molecule has 7 heteroatoms. The smallest absolute Gasteiger partial charge is 0.407 e. The standard InChI is InChI=1S/C23H39NO6/c1-2-3-11-26-13-15-28-17-18-29-16-14-27-12-10-24-23(25)30-19-22-20-8-6-4-5-7-9-21(20)22/h20-22H,2-3,6-19H2,1H3,(H,24,25)/t20-,21+,22-. The number of alkyl carbamates (subject to hydrolysis) is 1. The van der Waals surface area contributed by atoms with E-state index in [1.54, 1.807) is 0 Å². The highest BCUT2D eigenvalue weighted by Gasteiger charge is 2.49. The zero-order chi connectivity index (χ0) is 21.3. The molecule has 1 saturated carbocycles. The Kier molecular flexibility index (Phi) is 13.6. The van der Waals surface area contributed by atoms with Gasteiger partial charge in [-0.3, -0.25) is 0 Å². The molecule has 0 aromatic rings. The number of fused-ring (bicyclic) bond motifs is 1. The normalized spacial score (nSPS) is 22.2. The Bertz CT molecular complexity index is 500. The SMILES string of the molecule is CCCCOCCOCCOCCOCCNC(=O)OC[C@@H]1[C@@H]2CCC#CCC[C@@H]21. The Hall–Kier alpha value is -1.33. The average molecular weight is 426 g/mol. The Balaban J connectivity index is 1.29. The quantitative estimate of drug-likeness (QED) is 0.285. The maximum atomic E-state index is 11.8. The van der Waals surface area contributed by atoms with E-state index in [2.05, 4.69) is 24.1 Å². The summed E-state index contributed by atoms with van der Waals surface area (Å²) in [6.07, 6.45) is 6.12. The van der Waals surface area contributed by atoms with E-state index in [1.165, 1.54) is 0 Å². The lowest BCUT2D eigenvalue weighted by Gasteiger charge is -2.08. The van der Waals surface area contributed by atoms with Gasteiger partial charge in [0.2, 0.25) is 0 Å². The van der Waals surface area contributed by atoms with Gasteiger partial charge in [-0.25, -0.2) is 4.79 Å². The van der Waals surface area contributed by atoms with Crippen molar-refractivity contribution in [3.05, 3.63) is 0 Å². The number of carbonyl (C=O) groups excluding carboxylic acids is 1. The number of unbranched alkanes of at least 4 members (excludes halogenated alkanes) is 1. The van der Waals surface area contributed by atoms with Crippen LogP contribution in [-0.2, 0) is 23.7 Å². The topological polar surface area (TPSA) is 75.3 Å². The van der Waals surface area contributed by atoms with Crippen molar-refractivity contribution in [2.45, 2.75) is 45.4 Å². The van der Waals surface area contributed by atoms with Gasteiger partial charge in [-0.2, -0.15) is 0 Å². The number of carbonyl (C=O) groups is 1. The van der Waals surface area contributed by atoms with Crippen LogP contribution in [0, 0.1) is 29.6 Å². The van der Waals surface area contributed by atoms with Gasteiger partial charge in [-0.1, -0.05) is 13.3 Å². The van der Waals surface area contributed by atoms with E-state index in [-0.39, 0.29) is 6.09 Å². The molecule has 0 unspecified atom stereocenters. The third-order valence-electron chi connectivity index (χ3n) is 5.52. The van der Waals surface area contributed by atoms with Crippen molar-refractivity contribution in [2.24, 2.45) is 17.8 Å². The van der Waals surface area contributed by atoms with Gasteiger partial charge < -0.3 is 29.0 Å². The first-order valence-electron chi connectivity index (χ1n) is 11.5. The molecule has 1 N–H and O–H groups in total. The van der Waals surface area contributed by atoms with Gasteiger partial charge in [0.05, 0.1) is 52.9 Å². The van der Waals surface area contributed by atoms with Crippen molar-refractivity contribution >= 4 is 6.09 Å². The van der Waals surface area contributed by atoms with Crippen molar-refractivity contribution < 1.29 is 28.5 Å². The predicted molar refractivity (Wildman–Crippen MR) is 114 cm³/mol. The highest BCUT2D eigenvalue weighted by Crippen LogP contribution is 2.52. The summed E-state index contributed by atoms with van der Waals surface area (Å²) >= 11 is 0. The molecule has 7 nitrogen and oxygen atoms in total. The summed E-state index contributed by atoms with van der Waals surface area (Å²) in [5, 5.41) is 2.73. The first-order valence-corrected chi connectivity index (χ1v) is 11.5. The van der Waals surface area contributed by atoms with Gasteiger partial charge in [-0.15, -0.1) is 11.8 Å². The Labute approximate surface area is 181 Å². The van der Waals surface area contributed by atoms with Crippen LogP contribution in [0.15, 0.2) is 0 Å². The van der Waals surface area contributed by atoms with E-state index in [1.807, 2.05) is 0 Å². The summed E-state index contributed by atoms with van der Waals surface area (Å²) in [6, 6.07) is 0. The number of amides is 1. The number of hydrogen-bond donors (Lipinski definition) is 1. The second kappa shape index (κ2) is 16.4. The molecular weight excluding hydrogens is 386 g/mol. The van der Waals surface area contributed by atoms with Crippen molar-refractivity contribution in [1.82, 2.24) is 5.32 Å². The molecule has 0 heterocycles. The largest absolute Gasteiger partial charge is 0.449 e. The Morgan fingerprint density at radius 3 is 1.93 bits per heavy atom. The van der Waals surface area contributed by atoms with Crippen LogP contribution in [0.1, 0.15) is 45.4 Å². The lowest BCUT2D eigenvalue weighted by Crippen LogP contribution is -2.29. The Morgan fingerprint density at radius 2 is 1.37 bits per heavy atom. The van der Waals surface area contributed by atoms with Crippen molar-refractivity contribution in [1.29, 1.82) is 0 Å². The predicted octanol–water partition coefficient (Wildman–Crippen LogP) is 3.02. The molecule has 0 aromatic heterocycles. The fraction of sp³-hybridized carbons (Fsp3) is 0.870. The number of rotatable bonds is 17. The van der Waals surface area contributed by atoms with Crippen LogP contribution >= 0.6 is 0 Å². The summed E-state index contributed by atoms with van der Waals surface area (Å²) < 4.78 is 27.1. The van der Waals surface area contributed by atoms with Crippen LogP contribution < -0.4 is 5.32 Å². The molecule has 1 fully saturated rings. The van der Waals surface area contributed by atoms with Gasteiger partial charge >= 0.3 is 6.09 Å². The lowest BCUT2D eigenvalue weighted by molar-refractivity contribution is -0.00171. The molecule has 0 aromatic carbocycles. The van der Waals surface area contributed by atoms with Gasteiger partial charge in [0.15, 0.2) is 0 Å². The fourth-order valence-corrected chi connectivity index (χ4v) is 3.74. The van der Waals surface area contributed by atoms with Crippen molar-refractivity contribution in [2.75, 3.05) is 66.0 Å². The molecule has 30 heavy (non-hydrogen) atoms. The number of nitrogens with one attached hydrogen (secondary N) is 1. The molecule has 0 saturated heterocycles. The maximum absolute atomic E-state index is 11.8. The van der Waals surface area contributed by atoms with Crippen LogP contribution in [-0.4, -0.2) is 72.1 Å². The number of hydrogen-bond acceptors (Lipinski definition) is 6. The molecule has 1 amide bonds. The second-order valence-electron chi connectivity index (χ2n) is 7.75. The van der Waals surface area contributed by atoms with Gasteiger partial charge in [0, 0.05) is 26.0 Å². The molecule has 2 aliphatic rings. The third-order valence-corrected chi connectivity index (χ3v) is 5.52. The minimum absolute atomic E-state index is 0.360. The van der Waals surface area contributed by atoms with Crippen LogP contribution in [0.4, 0.5) is 4.79 Å². The molecule has 3 atom stereocenters. The van der Waals surface area contributed by atoms with Crippen molar-refractivity contribution in [3.63, 3.8) is 0 Å². The molecule has 0 radical (unpaired) electrons. The highest BCUT2D eigenvalue weighted by atomic mass is 16.6. The summed E-state index contributed by atoms with van der Waals surface area (Å²) in [5.74, 6) is 8.30. The minimum Gasteiger partial charge on any atom is -0.449 e. The summed E-state index contributed by atoms with van der Waals surface area (Å²) in [4.78, 5) is 11.8. The summed E-state index contributed by atoms with van der Waals surface area (Å²) in [7, 11) is 0. The van der Waals surface area contributed by atoms with Crippen LogP contribution in [0.3, 0.4) is 0 Å². The fourth-order valence-electron chi connectivity index (χ4n) is 3.74. The second-order valence-corrected chi connectivity index (χ2v) is 7.75. The monoisotopic (exact) mass is 425 g/mol. The molecule has 0 aliphatic heterocycles. The van der Waals surface area contributed by atoms with Crippen LogP contribution in [0.2, 0.25) is 0 Å². The van der Waals surface area contributed by atoms with E-state index in [0.717, 1.165) is 45.1 Å². The number of ether oxygens (including phenoxy) is 5. The van der Waals surface area contributed by atoms with Gasteiger partial charge in [0.25, 0.3) is 0 Å². The average Bonchev–Trinajstić information content (AvgIpc) is 3.38. The first-order chi connectivity index (χ1) is 14.8. The Morgan fingerprint density at radius 1 is 0.833 bits per heavy atom. The molecule has 0 bridgehead atoms. The molecule has 0 spiro atoms. The molecular formula is C23H39NO6. The van der Waals surface area contributed by atoms with E-state index in [4.69, 9.17) is 23.7 Å². The van der Waals surface area contributed by atoms with Gasteiger partial charge in [0.1, 0.15) is 0 Å². The lowest BCUT2D eigenvalue weighted by atomic mass is 10.1. The van der Waals surface area contributed by atoms with Crippen molar-refractivity contribution in [3.8, 4) is 11.8 Å². The van der Waals surface area contributed by atoms with Crippen LogP contribution in [0.25, 0.3) is 0 Å². The molecule has 172 valence electrons. The molecule has 2 rings (SSSR count). The highest BCUT2D eigenvalue weighted by molar-refractivity contribution is 5.67. The van der Waals surface area contributed by atoms with E-state index >= 15 is 0 Å². The third kappa shape index (κ3) is 11.2.